The van der Waals surface area contributed by atoms with Crippen molar-refractivity contribution in [3.63, 3.8) is 0 Å². The zero-order valence-corrected chi connectivity index (χ0v) is 13.8. The Morgan fingerprint density at radius 1 is 1.12 bits per heavy atom. The van der Waals surface area contributed by atoms with Crippen LogP contribution in [0, 0.1) is 0 Å². The number of hydrogen-bond donors (Lipinski definition) is 3. The van der Waals surface area contributed by atoms with Gasteiger partial charge < -0.3 is 9.84 Å². The summed E-state index contributed by atoms with van der Waals surface area (Å²) >= 11 is 0. The summed E-state index contributed by atoms with van der Waals surface area (Å²) in [5.41, 5.74) is 2.09. The Morgan fingerprint density at radius 2 is 1.81 bits per heavy atom. The molecule has 0 aliphatic carbocycles. The summed E-state index contributed by atoms with van der Waals surface area (Å²) in [5.74, 6) is 0.0626. The van der Waals surface area contributed by atoms with Crippen molar-refractivity contribution in [1.82, 2.24) is 9.55 Å². The maximum atomic E-state index is 12.1. The molecule has 1 aromatic heterocycles. The number of H-pyrrole nitrogens is 1. The molecule has 2 aromatic carbocycles. The minimum atomic E-state index is -0.745. The van der Waals surface area contributed by atoms with Crippen molar-refractivity contribution >= 4 is 11.9 Å². The highest BCUT2D eigenvalue weighted by molar-refractivity contribution is 5.83. The molecule has 0 bridgehead atoms. The number of anilines is 1. The fraction of sp³-hybridized carbons (Fsp3) is 0.0556. The van der Waals surface area contributed by atoms with Crippen LogP contribution in [-0.4, -0.2) is 28.0 Å². The molecule has 3 N–H and O–H groups in total. The normalized spacial score (nSPS) is 10.8. The zero-order valence-electron chi connectivity index (χ0n) is 13.8. The molecule has 0 unspecified atom stereocenters. The van der Waals surface area contributed by atoms with Crippen molar-refractivity contribution in [3.8, 4) is 17.3 Å². The number of aromatic hydroxyl groups is 1. The molecule has 8 heteroatoms. The van der Waals surface area contributed by atoms with Crippen LogP contribution in [-0.2, 0) is 0 Å². The summed E-state index contributed by atoms with van der Waals surface area (Å²) in [6.07, 6.45) is 1.14. The number of nitrogens with zero attached hydrogens (tertiary/aromatic N) is 2. The van der Waals surface area contributed by atoms with Gasteiger partial charge >= 0.3 is 5.69 Å². The third kappa shape index (κ3) is 3.34. The zero-order chi connectivity index (χ0) is 18.5. The largest absolute Gasteiger partial charge is 0.495 e. The number of nitrogens with one attached hydrogen (secondary N) is 2. The lowest BCUT2D eigenvalue weighted by Gasteiger charge is -2.09. The number of benzene rings is 2. The average Bonchev–Trinajstić information content (AvgIpc) is 2.65. The molecule has 0 radical (unpaired) electrons. The molecular formula is C18H16N4O4. The number of aromatic amines is 1. The summed E-state index contributed by atoms with van der Waals surface area (Å²) in [5, 5.41) is 14.4. The second-order valence-corrected chi connectivity index (χ2v) is 5.24. The predicted octanol–water partition coefficient (Wildman–Crippen LogP) is 1.69. The van der Waals surface area contributed by atoms with Crippen LogP contribution in [0.3, 0.4) is 0 Å². The molecule has 0 saturated heterocycles. The standard InChI is InChI=1S/C18H16N4O4/c1-26-15-10-6-5-9-14(15)21-19-11-13-16(23)20-18(25)22(17(13)24)12-7-3-2-4-8-12/h2-11,21,24H,1H3,(H,20,23,25). The van der Waals surface area contributed by atoms with Gasteiger partial charge in [-0.2, -0.15) is 5.10 Å². The van der Waals surface area contributed by atoms with E-state index < -0.39 is 17.1 Å². The number of para-hydroxylation sites is 3. The SMILES string of the molecule is COc1ccccc1NN=Cc1c(O)n(-c2ccccc2)c(=O)[nH]c1=O. The molecule has 0 spiro atoms. The van der Waals surface area contributed by atoms with Gasteiger partial charge in [0.25, 0.3) is 5.56 Å². The van der Waals surface area contributed by atoms with Gasteiger partial charge in [0, 0.05) is 0 Å². The maximum absolute atomic E-state index is 12.1. The van der Waals surface area contributed by atoms with Crippen molar-refractivity contribution in [2.75, 3.05) is 12.5 Å². The fourth-order valence-corrected chi connectivity index (χ4v) is 2.37. The van der Waals surface area contributed by atoms with E-state index in [9.17, 15) is 14.7 Å². The number of hydrazone groups is 1. The summed E-state index contributed by atoms with van der Waals surface area (Å²) in [6.45, 7) is 0. The van der Waals surface area contributed by atoms with E-state index in [0.29, 0.717) is 17.1 Å². The van der Waals surface area contributed by atoms with Crippen LogP contribution in [0.5, 0.6) is 11.6 Å². The monoisotopic (exact) mass is 352 g/mol. The molecule has 0 saturated carbocycles. The van der Waals surface area contributed by atoms with E-state index in [4.69, 9.17) is 4.74 Å². The van der Waals surface area contributed by atoms with Gasteiger partial charge in [0.15, 0.2) is 0 Å². The lowest BCUT2D eigenvalue weighted by Crippen LogP contribution is -2.31. The van der Waals surface area contributed by atoms with Crippen molar-refractivity contribution in [2.45, 2.75) is 0 Å². The minimum Gasteiger partial charge on any atom is -0.495 e. The Morgan fingerprint density at radius 3 is 2.54 bits per heavy atom. The van der Waals surface area contributed by atoms with Gasteiger partial charge in [0.05, 0.1) is 24.7 Å². The van der Waals surface area contributed by atoms with Gasteiger partial charge in [-0.15, -0.1) is 0 Å². The van der Waals surface area contributed by atoms with Crippen LogP contribution in [0.1, 0.15) is 5.56 Å². The average molecular weight is 352 g/mol. The van der Waals surface area contributed by atoms with Gasteiger partial charge in [-0.1, -0.05) is 30.3 Å². The summed E-state index contributed by atoms with van der Waals surface area (Å²) < 4.78 is 6.18. The molecule has 132 valence electrons. The molecule has 26 heavy (non-hydrogen) atoms. The molecule has 3 rings (SSSR count). The van der Waals surface area contributed by atoms with Crippen molar-refractivity contribution in [1.29, 1.82) is 0 Å². The fourth-order valence-electron chi connectivity index (χ4n) is 2.37. The highest BCUT2D eigenvalue weighted by Gasteiger charge is 2.14. The molecular weight excluding hydrogens is 336 g/mol. The first kappa shape index (κ1) is 17.0. The van der Waals surface area contributed by atoms with Crippen LogP contribution in [0.2, 0.25) is 0 Å². The molecule has 8 nitrogen and oxygen atoms in total. The second kappa shape index (κ2) is 7.39. The minimum absolute atomic E-state index is 0.157. The lowest BCUT2D eigenvalue weighted by atomic mass is 10.3. The molecule has 3 aromatic rings. The van der Waals surface area contributed by atoms with E-state index in [1.807, 2.05) is 0 Å². The summed E-state index contributed by atoms with van der Waals surface area (Å²) in [6, 6.07) is 15.5. The van der Waals surface area contributed by atoms with E-state index in [2.05, 4.69) is 15.5 Å². The maximum Gasteiger partial charge on any atom is 0.335 e. The Labute approximate surface area is 148 Å². The third-order valence-corrected chi connectivity index (χ3v) is 3.62. The molecule has 0 fully saturated rings. The summed E-state index contributed by atoms with van der Waals surface area (Å²) in [7, 11) is 1.52. The Bertz CT molecular complexity index is 1050. The van der Waals surface area contributed by atoms with E-state index in [-0.39, 0.29) is 5.56 Å². The van der Waals surface area contributed by atoms with Gasteiger partial charge in [0.2, 0.25) is 5.88 Å². The van der Waals surface area contributed by atoms with Gasteiger partial charge in [-0.3, -0.25) is 15.2 Å². The topological polar surface area (TPSA) is 109 Å². The van der Waals surface area contributed by atoms with Crippen molar-refractivity contribution in [3.05, 3.63) is 81.0 Å². The van der Waals surface area contributed by atoms with E-state index in [0.717, 1.165) is 10.8 Å². The van der Waals surface area contributed by atoms with Crippen LogP contribution in [0.15, 0.2) is 69.3 Å². The van der Waals surface area contributed by atoms with Gasteiger partial charge in [-0.05, 0) is 24.3 Å². The smallest absolute Gasteiger partial charge is 0.335 e. The first-order valence-corrected chi connectivity index (χ1v) is 7.67. The molecule has 1 heterocycles. The predicted molar refractivity (Wildman–Crippen MR) is 98.5 cm³/mol. The Hall–Kier alpha value is -3.81. The quantitative estimate of drug-likeness (QED) is 0.478. The van der Waals surface area contributed by atoms with Crippen molar-refractivity contribution in [2.24, 2.45) is 5.10 Å². The van der Waals surface area contributed by atoms with Crippen LogP contribution in [0.25, 0.3) is 5.69 Å². The van der Waals surface area contributed by atoms with Crippen LogP contribution >= 0.6 is 0 Å². The van der Waals surface area contributed by atoms with Crippen LogP contribution in [0.4, 0.5) is 5.69 Å². The molecule has 0 aliphatic heterocycles. The summed E-state index contributed by atoms with van der Waals surface area (Å²) in [4.78, 5) is 26.3. The molecule has 0 amide bonds. The number of ether oxygens (including phenoxy) is 1. The highest BCUT2D eigenvalue weighted by atomic mass is 16.5. The third-order valence-electron chi connectivity index (χ3n) is 3.62. The molecule has 0 aliphatic rings. The van der Waals surface area contributed by atoms with Gasteiger partial charge in [-0.25, -0.2) is 9.36 Å². The second-order valence-electron chi connectivity index (χ2n) is 5.24. The number of methoxy groups -OCH3 is 1. The first-order valence-electron chi connectivity index (χ1n) is 7.67. The van der Waals surface area contributed by atoms with Crippen molar-refractivity contribution < 1.29 is 9.84 Å². The van der Waals surface area contributed by atoms with E-state index in [1.165, 1.54) is 7.11 Å². The lowest BCUT2D eigenvalue weighted by molar-refractivity contribution is 0.416. The first-order chi connectivity index (χ1) is 12.6. The Balaban J connectivity index is 1.98. The Kier molecular flexibility index (Phi) is 4.84. The van der Waals surface area contributed by atoms with E-state index >= 15 is 0 Å². The number of rotatable bonds is 5. The van der Waals surface area contributed by atoms with Gasteiger partial charge in [0.1, 0.15) is 11.3 Å². The van der Waals surface area contributed by atoms with E-state index in [1.54, 1.807) is 54.6 Å². The number of hydrogen-bond acceptors (Lipinski definition) is 6. The number of aromatic nitrogens is 2. The van der Waals surface area contributed by atoms with Crippen LogP contribution < -0.4 is 21.4 Å². The highest BCUT2D eigenvalue weighted by Crippen LogP contribution is 2.23. The molecule has 0 atom stereocenters.